The van der Waals surface area contributed by atoms with Gasteiger partial charge in [0, 0.05) is 12.7 Å². The molecule has 0 radical (unpaired) electrons. The minimum Gasteiger partial charge on any atom is -0.378 e. The van der Waals surface area contributed by atoms with Gasteiger partial charge in [-0.05, 0) is 25.5 Å². The molecule has 0 aromatic carbocycles. The molecule has 10 heteroatoms. The first-order valence-electron chi connectivity index (χ1n) is 10.8. The Morgan fingerprint density at radius 1 is 1.27 bits per heavy atom. The van der Waals surface area contributed by atoms with Gasteiger partial charge in [0.1, 0.15) is 6.20 Å². The zero-order chi connectivity index (χ0) is 21.7. The maximum Gasteiger partial charge on any atom is 0.439 e. The Labute approximate surface area is 185 Å². The fourth-order valence-electron chi connectivity index (χ4n) is 4.23. The molecule has 6 atom stereocenters. The van der Waals surface area contributed by atoms with Crippen molar-refractivity contribution >= 4 is 32.7 Å². The van der Waals surface area contributed by atoms with Gasteiger partial charge in [-0.2, -0.15) is 21.1 Å². The number of amides is 3. The van der Waals surface area contributed by atoms with Gasteiger partial charge in [-0.1, -0.05) is 13.8 Å². The summed E-state index contributed by atoms with van der Waals surface area (Å²) in [5.41, 5.74) is 0.590. The summed E-state index contributed by atoms with van der Waals surface area (Å²) in [6, 6.07) is -0.202. The maximum absolute atomic E-state index is 12.7. The number of imide groups is 1. The molecule has 2 saturated heterocycles. The van der Waals surface area contributed by atoms with Crippen molar-refractivity contribution in [2.75, 3.05) is 31.3 Å². The van der Waals surface area contributed by atoms with Gasteiger partial charge in [-0.15, -0.1) is 0 Å². The van der Waals surface area contributed by atoms with Gasteiger partial charge >= 0.3 is 6.03 Å². The molecule has 30 heavy (non-hydrogen) atoms. The van der Waals surface area contributed by atoms with E-state index in [0.717, 1.165) is 18.8 Å². The number of ether oxygens (including phenoxy) is 2. The van der Waals surface area contributed by atoms with Gasteiger partial charge in [0.05, 0.1) is 44.0 Å². The number of hydrogen-bond donors (Lipinski definition) is 0. The lowest BCUT2D eigenvalue weighted by atomic mass is 10.0. The second-order valence-corrected chi connectivity index (χ2v) is 9.74. The van der Waals surface area contributed by atoms with Crippen molar-refractivity contribution in [1.82, 2.24) is 4.90 Å². The van der Waals surface area contributed by atoms with E-state index in [9.17, 15) is 9.59 Å². The van der Waals surface area contributed by atoms with Gasteiger partial charge in [-0.3, -0.25) is 4.79 Å². The smallest absolute Gasteiger partial charge is 0.378 e. The van der Waals surface area contributed by atoms with Crippen LogP contribution < -0.4 is 0 Å². The van der Waals surface area contributed by atoms with Crippen molar-refractivity contribution in [1.29, 1.82) is 0 Å². The Morgan fingerprint density at radius 3 is 2.77 bits per heavy atom. The molecule has 4 heterocycles. The van der Waals surface area contributed by atoms with Crippen molar-refractivity contribution in [3.63, 3.8) is 0 Å². The fourth-order valence-corrected chi connectivity index (χ4v) is 5.57. The lowest BCUT2D eigenvalue weighted by Crippen LogP contribution is -2.82. The summed E-state index contributed by atoms with van der Waals surface area (Å²) in [5, 5.41) is 0. The fraction of sp³-hybridized carbons (Fsp3) is 0.800. The summed E-state index contributed by atoms with van der Waals surface area (Å²) < 4.78 is 23.4. The zero-order valence-corrected chi connectivity index (χ0v) is 20.1. The summed E-state index contributed by atoms with van der Waals surface area (Å²) in [6.45, 7) is 9.67. The summed E-state index contributed by atoms with van der Waals surface area (Å²) >= 11 is 1.90. The molecule has 170 valence electrons. The molecule has 8 nitrogen and oxygen atoms in total. The molecule has 4 aliphatic rings. The van der Waals surface area contributed by atoms with Crippen LogP contribution in [0, 0.1) is 0 Å². The number of hydrogen-bond acceptors (Lipinski definition) is 7. The van der Waals surface area contributed by atoms with Gasteiger partial charge in [0.25, 0.3) is 5.91 Å². The first-order valence-corrected chi connectivity index (χ1v) is 12.7. The monoisotopic (exact) mass is 461 g/mol. The van der Waals surface area contributed by atoms with Crippen molar-refractivity contribution in [2.24, 2.45) is 0 Å². The number of fused-ring (bicyclic) bond motifs is 1. The van der Waals surface area contributed by atoms with Crippen molar-refractivity contribution in [3.05, 3.63) is 11.8 Å². The van der Waals surface area contributed by atoms with Gasteiger partial charge in [-0.25, -0.2) is 4.79 Å². The molecule has 4 aliphatic heterocycles. The number of thioether (sulfide) groups is 1. The minimum absolute atomic E-state index is 0.0573. The van der Waals surface area contributed by atoms with Crippen LogP contribution in [0.25, 0.3) is 0 Å². The predicted molar refractivity (Wildman–Crippen MR) is 117 cm³/mol. The summed E-state index contributed by atoms with van der Waals surface area (Å²) in [4.78, 5) is 26.2. The largest absolute Gasteiger partial charge is 0.439 e. The van der Waals surface area contributed by atoms with Crippen molar-refractivity contribution < 1.29 is 32.6 Å². The number of carbonyl (C=O) groups is 2. The topological polar surface area (TPSA) is 74.3 Å². The van der Waals surface area contributed by atoms with E-state index in [1.54, 1.807) is 13.1 Å². The highest BCUT2D eigenvalue weighted by molar-refractivity contribution is 7.99. The molecule has 0 aliphatic carbocycles. The van der Waals surface area contributed by atoms with E-state index in [4.69, 9.17) is 18.5 Å². The van der Waals surface area contributed by atoms with Crippen LogP contribution in [-0.2, 0) is 23.3 Å². The lowest BCUT2D eigenvalue weighted by molar-refractivity contribution is -0.922. The van der Waals surface area contributed by atoms with Crippen LogP contribution in [-0.4, -0.2) is 77.2 Å². The molecule has 4 rings (SSSR count). The average molecular weight is 462 g/mol. The highest BCUT2D eigenvalue weighted by atomic mass is 32.2. The van der Waals surface area contributed by atoms with E-state index in [-0.39, 0.29) is 50.1 Å². The number of nitrogens with zero attached hydrogens (tertiary/aromatic N) is 2. The molecule has 0 aromatic heterocycles. The van der Waals surface area contributed by atoms with Crippen molar-refractivity contribution in [2.45, 2.75) is 71.6 Å². The van der Waals surface area contributed by atoms with Crippen LogP contribution in [0.1, 0.15) is 47.0 Å². The predicted octanol–water partition coefficient (Wildman–Crippen LogP) is 3.62. The highest BCUT2D eigenvalue weighted by Gasteiger charge is 2.70. The zero-order valence-electron chi connectivity index (χ0n) is 18.3. The molecule has 0 aromatic rings. The van der Waals surface area contributed by atoms with E-state index in [1.165, 1.54) is 17.1 Å². The molecule has 2 bridgehead atoms. The summed E-state index contributed by atoms with van der Waals surface area (Å²) in [7, 11) is -0.0895. The van der Waals surface area contributed by atoms with E-state index in [1.807, 2.05) is 25.6 Å². The minimum atomic E-state index is -0.337. The second kappa shape index (κ2) is 10.9. The summed E-state index contributed by atoms with van der Waals surface area (Å²) in [6.07, 6.45) is 3.56. The molecule has 6 unspecified atom stereocenters. The molecule has 2 fully saturated rings. The molecule has 0 saturated carbocycles. The molecule has 0 spiro atoms. The Morgan fingerprint density at radius 2 is 2.07 bits per heavy atom. The third-order valence-corrected chi connectivity index (χ3v) is 7.73. The quantitative estimate of drug-likeness (QED) is 0.236. The SMILES string of the molecule is CCCSCCOCCOPOC1CC([N+]23C=C(C)C(=O)N(C2=O)C3C)OC1CC. The van der Waals surface area contributed by atoms with Gasteiger partial charge in [0.15, 0.2) is 15.2 Å². The normalized spacial score (nSPS) is 33.5. The van der Waals surface area contributed by atoms with Gasteiger partial charge in [0.2, 0.25) is 6.23 Å². The number of rotatable bonds is 13. The number of urea groups is 1. The molecule has 3 amide bonds. The highest BCUT2D eigenvalue weighted by Crippen LogP contribution is 2.46. The van der Waals surface area contributed by atoms with E-state index < -0.39 is 0 Å². The van der Waals surface area contributed by atoms with E-state index in [2.05, 4.69) is 6.92 Å². The molecule has 0 N–H and O–H groups in total. The first kappa shape index (κ1) is 24.1. The standard InChI is InChI=1S/C20H34N2O6PS/c1-5-10-30-11-9-25-7-8-26-29-28-17-12-18(27-16(17)6-2)22-13-14(3)19(23)21(15(22)4)20(22)24/h13,15-18,29H,5-12H2,1-4H3/q+1. The summed E-state index contributed by atoms with van der Waals surface area (Å²) in [5.74, 6) is 1.98. The van der Waals surface area contributed by atoms with E-state index >= 15 is 0 Å². The number of carbonyl (C=O) groups excluding carboxylic acids is 2. The van der Waals surface area contributed by atoms with Crippen LogP contribution in [0.3, 0.4) is 0 Å². The first-order chi connectivity index (χ1) is 14.5. The lowest BCUT2D eigenvalue weighted by Gasteiger charge is -2.55. The molecular weight excluding hydrogens is 427 g/mol. The maximum atomic E-state index is 12.7. The van der Waals surface area contributed by atoms with Crippen LogP contribution >= 0.6 is 20.8 Å². The van der Waals surface area contributed by atoms with Crippen LogP contribution in [0.15, 0.2) is 11.8 Å². The van der Waals surface area contributed by atoms with Crippen molar-refractivity contribution in [3.8, 4) is 0 Å². The van der Waals surface area contributed by atoms with E-state index in [0.29, 0.717) is 25.2 Å². The van der Waals surface area contributed by atoms with Gasteiger partial charge < -0.3 is 18.5 Å². The Bertz CT molecular complexity index is 665. The van der Waals surface area contributed by atoms with Crippen LogP contribution in [0.4, 0.5) is 4.79 Å². The number of quaternary nitrogens is 1. The Balaban J connectivity index is 1.43. The Kier molecular flexibility index (Phi) is 8.72. The van der Waals surface area contributed by atoms with Crippen LogP contribution in [0.5, 0.6) is 0 Å². The Hall–Kier alpha value is -0.540. The second-order valence-electron chi connectivity index (χ2n) is 7.82. The van der Waals surface area contributed by atoms with Crippen LogP contribution in [0.2, 0.25) is 0 Å². The third-order valence-electron chi connectivity index (χ3n) is 5.86. The third kappa shape index (κ3) is 4.63. The average Bonchev–Trinajstić information content (AvgIpc) is 3.15. The molecular formula is C20H34N2O6PS+.